The van der Waals surface area contributed by atoms with Gasteiger partial charge in [-0.15, -0.1) is 5.73 Å². The van der Waals surface area contributed by atoms with E-state index in [1.165, 1.54) is 11.1 Å². The number of hydrogen-bond donors (Lipinski definition) is 1. The molecule has 0 bridgehead atoms. The Morgan fingerprint density at radius 2 is 2.06 bits per heavy atom. The largest absolute Gasteiger partial charge is 0.482 e. The third-order valence-corrected chi connectivity index (χ3v) is 6.39. The molecular weight excluding hydrogens is 382 g/mol. The Bertz CT molecular complexity index is 1010. The van der Waals surface area contributed by atoms with Crippen LogP contribution in [0.15, 0.2) is 54.9 Å². The van der Waals surface area contributed by atoms with Gasteiger partial charge in [0.25, 0.3) is 0 Å². The second kappa shape index (κ2) is 9.13. The van der Waals surface area contributed by atoms with Crippen LogP contribution in [0.2, 0.25) is 0 Å². The third kappa shape index (κ3) is 4.32. The molecule has 4 rings (SSSR count). The average Bonchev–Trinajstić information content (AvgIpc) is 3.02. The minimum Gasteiger partial charge on any atom is -0.482 e. The van der Waals surface area contributed by atoms with Crippen molar-refractivity contribution in [2.45, 2.75) is 45.6 Å². The SMILES string of the molecule is C=C=C(c1ccc(C2=CC3(CCCNCC3)Oc3ccc(C)cc32)cn1)N(CC)CC.[HH].[HH]. The summed E-state index contributed by atoms with van der Waals surface area (Å²) in [7, 11) is 0. The smallest absolute Gasteiger partial charge is 0.129 e. The molecule has 1 atom stereocenters. The van der Waals surface area contributed by atoms with E-state index in [-0.39, 0.29) is 8.45 Å². The van der Waals surface area contributed by atoms with E-state index in [0.29, 0.717) is 0 Å². The summed E-state index contributed by atoms with van der Waals surface area (Å²) >= 11 is 0. The Labute approximate surface area is 189 Å². The Morgan fingerprint density at radius 3 is 2.77 bits per heavy atom. The van der Waals surface area contributed by atoms with Crippen LogP contribution >= 0.6 is 0 Å². The number of nitrogens with zero attached hydrogens (tertiary/aromatic N) is 2. The van der Waals surface area contributed by atoms with Crippen molar-refractivity contribution in [2.24, 2.45) is 0 Å². The summed E-state index contributed by atoms with van der Waals surface area (Å²) in [6, 6.07) is 10.8. The quantitative estimate of drug-likeness (QED) is 0.632. The van der Waals surface area contributed by atoms with Gasteiger partial charge in [0.1, 0.15) is 17.0 Å². The number of rotatable bonds is 5. The molecular formula is C27H37N3O. The maximum Gasteiger partial charge on any atom is 0.129 e. The molecule has 166 valence electrons. The number of aryl methyl sites for hydroxylation is 1. The molecule has 2 aromatic rings. The standard InChI is InChI=1S/C27H33N3O.2H2/c1-5-25(30(6-2)7-3)24-11-10-21(19-29-24)23-18-27(13-8-15-28-16-14-27)31-26-12-9-20(4)17-22(23)26;;/h9-12,17-19,28H,1,6-8,13-16H2,2-4H3;2*1H. The van der Waals surface area contributed by atoms with Crippen molar-refractivity contribution in [1.29, 1.82) is 0 Å². The molecule has 1 saturated heterocycles. The van der Waals surface area contributed by atoms with E-state index in [1.54, 1.807) is 0 Å². The highest BCUT2D eigenvalue weighted by Gasteiger charge is 2.36. The Hall–Kier alpha value is -2.81. The van der Waals surface area contributed by atoms with E-state index in [2.05, 4.69) is 79.7 Å². The maximum atomic E-state index is 6.62. The van der Waals surface area contributed by atoms with Gasteiger partial charge in [0.2, 0.25) is 0 Å². The summed E-state index contributed by atoms with van der Waals surface area (Å²) in [5, 5.41) is 3.51. The van der Waals surface area contributed by atoms with E-state index in [1.807, 2.05) is 6.20 Å². The van der Waals surface area contributed by atoms with Crippen LogP contribution in [0.4, 0.5) is 0 Å². The van der Waals surface area contributed by atoms with Crippen LogP contribution in [0.1, 0.15) is 58.3 Å². The van der Waals surface area contributed by atoms with Crippen molar-refractivity contribution >= 4 is 11.3 Å². The van der Waals surface area contributed by atoms with E-state index < -0.39 is 0 Å². The molecule has 1 N–H and O–H groups in total. The minimum absolute atomic E-state index is 0. The van der Waals surface area contributed by atoms with Crippen LogP contribution in [-0.4, -0.2) is 41.7 Å². The highest BCUT2D eigenvalue weighted by atomic mass is 16.5. The van der Waals surface area contributed by atoms with Gasteiger partial charge in [-0.2, -0.15) is 0 Å². The lowest BCUT2D eigenvalue weighted by Crippen LogP contribution is -2.37. The van der Waals surface area contributed by atoms with Crippen LogP contribution < -0.4 is 10.1 Å². The van der Waals surface area contributed by atoms with Gasteiger partial charge in [-0.3, -0.25) is 4.98 Å². The fraction of sp³-hybridized carbons (Fsp3) is 0.407. The highest BCUT2D eigenvalue weighted by molar-refractivity contribution is 5.85. The fourth-order valence-corrected chi connectivity index (χ4v) is 4.68. The maximum absolute atomic E-state index is 6.62. The van der Waals surface area contributed by atoms with Crippen molar-refractivity contribution in [2.75, 3.05) is 26.2 Å². The minimum atomic E-state index is -0.257. The molecule has 1 unspecified atom stereocenters. The predicted octanol–water partition coefficient (Wildman–Crippen LogP) is 5.69. The Morgan fingerprint density at radius 1 is 1.23 bits per heavy atom. The van der Waals surface area contributed by atoms with Crippen molar-refractivity contribution in [3.05, 3.63) is 77.3 Å². The molecule has 3 heterocycles. The van der Waals surface area contributed by atoms with Gasteiger partial charge in [0.05, 0.1) is 5.69 Å². The van der Waals surface area contributed by atoms with Gasteiger partial charge in [-0.1, -0.05) is 24.3 Å². The van der Waals surface area contributed by atoms with Gasteiger partial charge >= 0.3 is 0 Å². The van der Waals surface area contributed by atoms with E-state index in [9.17, 15) is 0 Å². The summed E-state index contributed by atoms with van der Waals surface area (Å²) < 4.78 is 6.62. The normalized spacial score (nSPS) is 20.2. The molecule has 2 aliphatic rings. The lowest BCUT2D eigenvalue weighted by molar-refractivity contribution is 0.103. The van der Waals surface area contributed by atoms with E-state index in [0.717, 1.165) is 73.7 Å². The number of benzene rings is 1. The zero-order valence-corrected chi connectivity index (χ0v) is 19.0. The van der Waals surface area contributed by atoms with Crippen LogP contribution in [-0.2, 0) is 0 Å². The lowest BCUT2D eigenvalue weighted by Gasteiger charge is -2.36. The summed E-state index contributed by atoms with van der Waals surface area (Å²) in [6.07, 6.45) is 7.45. The summed E-state index contributed by atoms with van der Waals surface area (Å²) in [6.45, 7) is 14.1. The summed E-state index contributed by atoms with van der Waals surface area (Å²) in [5.41, 5.74) is 9.42. The first kappa shape index (κ1) is 21.4. The number of nitrogens with one attached hydrogen (secondary N) is 1. The molecule has 1 fully saturated rings. The molecule has 2 aliphatic heterocycles. The topological polar surface area (TPSA) is 37.4 Å². The molecule has 1 aromatic heterocycles. The number of hydrogen-bond acceptors (Lipinski definition) is 4. The van der Waals surface area contributed by atoms with Crippen molar-refractivity contribution < 1.29 is 7.59 Å². The van der Waals surface area contributed by atoms with Crippen LogP contribution in [0.3, 0.4) is 0 Å². The van der Waals surface area contributed by atoms with Gasteiger partial charge in [-0.25, -0.2) is 0 Å². The molecule has 4 heteroatoms. The van der Waals surface area contributed by atoms with Gasteiger partial charge in [0, 0.05) is 39.7 Å². The molecule has 1 aromatic carbocycles. The first-order chi connectivity index (χ1) is 15.1. The molecule has 0 amide bonds. The number of pyridine rings is 1. The molecule has 31 heavy (non-hydrogen) atoms. The number of aromatic nitrogens is 1. The monoisotopic (exact) mass is 419 g/mol. The molecule has 4 nitrogen and oxygen atoms in total. The average molecular weight is 420 g/mol. The van der Waals surface area contributed by atoms with Gasteiger partial charge in [0.15, 0.2) is 0 Å². The summed E-state index contributed by atoms with van der Waals surface area (Å²) in [4.78, 5) is 7.05. The second-order valence-electron chi connectivity index (χ2n) is 8.46. The second-order valence-corrected chi connectivity index (χ2v) is 8.46. The molecule has 0 radical (unpaired) electrons. The highest BCUT2D eigenvalue weighted by Crippen LogP contribution is 2.43. The third-order valence-electron chi connectivity index (χ3n) is 6.39. The van der Waals surface area contributed by atoms with E-state index >= 15 is 0 Å². The van der Waals surface area contributed by atoms with Crippen LogP contribution in [0.25, 0.3) is 11.3 Å². The predicted molar refractivity (Wildman–Crippen MR) is 132 cm³/mol. The van der Waals surface area contributed by atoms with Crippen molar-refractivity contribution in [3.8, 4) is 5.75 Å². The van der Waals surface area contributed by atoms with Crippen LogP contribution in [0.5, 0.6) is 5.75 Å². The van der Waals surface area contributed by atoms with Gasteiger partial charge < -0.3 is 15.0 Å². The van der Waals surface area contributed by atoms with Gasteiger partial charge in [-0.05, 0) is 76.6 Å². The fourth-order valence-electron chi connectivity index (χ4n) is 4.68. The van der Waals surface area contributed by atoms with Crippen LogP contribution in [0, 0.1) is 6.92 Å². The Kier molecular flexibility index (Phi) is 6.31. The first-order valence-corrected chi connectivity index (χ1v) is 11.4. The van der Waals surface area contributed by atoms with Crippen molar-refractivity contribution in [1.82, 2.24) is 15.2 Å². The van der Waals surface area contributed by atoms with Crippen molar-refractivity contribution in [3.63, 3.8) is 0 Å². The summed E-state index contributed by atoms with van der Waals surface area (Å²) in [5.74, 6) is 0.976. The molecule has 0 aliphatic carbocycles. The molecule has 1 spiro atoms. The Balaban J connectivity index is 0.00000193. The molecule has 0 saturated carbocycles. The zero-order valence-electron chi connectivity index (χ0n) is 19.0. The first-order valence-electron chi connectivity index (χ1n) is 11.4. The zero-order chi connectivity index (χ0) is 21.8. The lowest BCUT2D eigenvalue weighted by atomic mass is 9.84. The van der Waals surface area contributed by atoms with E-state index in [4.69, 9.17) is 9.72 Å². The number of ether oxygens (including phenoxy) is 1. The number of fused-ring (bicyclic) bond motifs is 1.